The highest BCUT2D eigenvalue weighted by Crippen LogP contribution is 2.43. The topological polar surface area (TPSA) is 104 Å². The first kappa shape index (κ1) is 24.0. The van der Waals surface area contributed by atoms with Crippen molar-refractivity contribution in [2.45, 2.75) is 96.5 Å². The van der Waals surface area contributed by atoms with Gasteiger partial charge in [0.15, 0.2) is 0 Å². The van der Waals surface area contributed by atoms with Crippen molar-refractivity contribution >= 4 is 12.4 Å². The van der Waals surface area contributed by atoms with Gasteiger partial charge in [-0.3, -0.25) is 9.59 Å². The van der Waals surface area contributed by atoms with Gasteiger partial charge in [-0.15, -0.1) is 0 Å². The number of hydrogen-bond donors (Lipinski definition) is 3. The van der Waals surface area contributed by atoms with E-state index in [0.29, 0.717) is 12.9 Å². The molecule has 1 saturated carbocycles. The summed E-state index contributed by atoms with van der Waals surface area (Å²) in [5, 5.41) is 29.5. The Hall–Kier alpha value is -2.24. The molecular weight excluding hydrogens is 384 g/mol. The average Bonchev–Trinajstić information content (AvgIpc) is 3.44. The fourth-order valence-corrected chi connectivity index (χ4v) is 3.85. The minimum absolute atomic E-state index is 0.123. The molecule has 1 aromatic rings. The van der Waals surface area contributed by atoms with E-state index < -0.39 is 11.4 Å². The lowest BCUT2D eigenvalue weighted by Gasteiger charge is -2.18. The molecule has 0 aromatic heterocycles. The van der Waals surface area contributed by atoms with Crippen molar-refractivity contribution < 1.29 is 29.6 Å². The Morgan fingerprint density at radius 3 is 2.10 bits per heavy atom. The maximum absolute atomic E-state index is 11.1. The van der Waals surface area contributed by atoms with Gasteiger partial charge < -0.3 is 20.1 Å². The molecule has 0 aliphatic heterocycles. The van der Waals surface area contributed by atoms with E-state index in [9.17, 15) is 19.8 Å². The van der Waals surface area contributed by atoms with Crippen LogP contribution in [-0.2, 0) is 27.2 Å². The summed E-state index contributed by atoms with van der Waals surface area (Å²) in [5.41, 5.74) is 0.774. The van der Waals surface area contributed by atoms with Crippen LogP contribution in [0.2, 0.25) is 0 Å². The second kappa shape index (κ2) is 10.7. The summed E-state index contributed by atoms with van der Waals surface area (Å²) < 4.78 is 5.16. The Balaban J connectivity index is 1.73. The molecule has 1 aliphatic rings. The molecule has 0 bridgehead atoms. The summed E-state index contributed by atoms with van der Waals surface area (Å²) in [4.78, 5) is 21.7. The summed E-state index contributed by atoms with van der Waals surface area (Å²) in [5.74, 6) is -0.510. The van der Waals surface area contributed by atoms with Crippen LogP contribution < -0.4 is 0 Å². The predicted molar refractivity (Wildman–Crippen MR) is 115 cm³/mol. The Labute approximate surface area is 179 Å². The van der Waals surface area contributed by atoms with Gasteiger partial charge in [-0.1, -0.05) is 19.3 Å². The first-order valence-electron chi connectivity index (χ1n) is 11.1. The summed E-state index contributed by atoms with van der Waals surface area (Å²) >= 11 is 0. The zero-order chi connectivity index (χ0) is 22.2. The van der Waals surface area contributed by atoms with Gasteiger partial charge in [0.1, 0.15) is 17.1 Å². The van der Waals surface area contributed by atoms with Crippen LogP contribution in [-0.4, -0.2) is 33.4 Å². The van der Waals surface area contributed by atoms with Crippen LogP contribution in [0.25, 0.3) is 0 Å². The van der Waals surface area contributed by atoms with Crippen molar-refractivity contribution in [3.63, 3.8) is 0 Å². The van der Waals surface area contributed by atoms with Crippen LogP contribution in [0.3, 0.4) is 0 Å². The van der Waals surface area contributed by atoms with E-state index in [1.165, 1.54) is 6.07 Å². The molecule has 0 radical (unpaired) electrons. The molecule has 3 N–H and O–H groups in total. The Bertz CT molecular complexity index is 721. The highest BCUT2D eigenvalue weighted by Gasteiger charge is 2.44. The lowest BCUT2D eigenvalue weighted by molar-refractivity contribution is -0.147. The molecule has 2 rings (SSSR count). The van der Waals surface area contributed by atoms with E-state index in [4.69, 9.17) is 9.84 Å². The number of phenolic OH excluding ortho intramolecular Hbond substituents is 2. The first-order chi connectivity index (χ1) is 14.2. The number of carbonyl (C=O) groups excluding carboxylic acids is 1. The molecule has 168 valence electrons. The summed E-state index contributed by atoms with van der Waals surface area (Å²) in [6, 6.07) is 3.32. The zero-order valence-corrected chi connectivity index (χ0v) is 18.3. The largest absolute Gasteiger partial charge is 0.508 e. The Morgan fingerprint density at radius 2 is 1.57 bits per heavy atom. The third-order valence-corrected chi connectivity index (χ3v) is 6.29. The van der Waals surface area contributed by atoms with Crippen molar-refractivity contribution in [1.82, 2.24) is 0 Å². The molecule has 30 heavy (non-hydrogen) atoms. The number of carboxylic acids is 1. The number of rotatable bonds is 15. The van der Waals surface area contributed by atoms with Gasteiger partial charge in [0.2, 0.25) is 0 Å². The van der Waals surface area contributed by atoms with Gasteiger partial charge in [-0.05, 0) is 88.8 Å². The number of phenols is 2. The lowest BCUT2D eigenvalue weighted by Crippen LogP contribution is -2.23. The second-order valence-corrected chi connectivity index (χ2v) is 9.32. The van der Waals surface area contributed by atoms with Crippen LogP contribution in [0.5, 0.6) is 11.5 Å². The minimum Gasteiger partial charge on any atom is -0.508 e. The molecule has 0 heterocycles. The third kappa shape index (κ3) is 7.22. The van der Waals surface area contributed by atoms with E-state index in [1.54, 1.807) is 13.8 Å². The van der Waals surface area contributed by atoms with E-state index >= 15 is 0 Å². The highest BCUT2D eigenvalue weighted by molar-refractivity contribution is 5.73. The predicted octanol–water partition coefficient (Wildman–Crippen LogP) is 5.12. The standard InChI is InChI=1S/C24H36O6/c1-23(2,22(28)29)11-7-4-3-5-9-18-15-19(21(27)16-20(18)26)10-6-8-12-24(13-14-24)30-17-25/h15-17,26-27H,3-14H2,1-2H3,(H,28,29). The minimum atomic E-state index is -0.757. The third-order valence-electron chi connectivity index (χ3n) is 6.29. The fraction of sp³-hybridized carbons (Fsp3) is 0.667. The number of hydrogen-bond acceptors (Lipinski definition) is 5. The van der Waals surface area contributed by atoms with Gasteiger partial charge >= 0.3 is 5.97 Å². The zero-order valence-electron chi connectivity index (χ0n) is 18.3. The molecule has 6 nitrogen and oxygen atoms in total. The Morgan fingerprint density at radius 1 is 1.00 bits per heavy atom. The molecule has 6 heteroatoms. The second-order valence-electron chi connectivity index (χ2n) is 9.32. The average molecular weight is 421 g/mol. The number of benzene rings is 1. The number of carboxylic acid groups (broad SMARTS) is 1. The normalized spacial score (nSPS) is 15.0. The molecule has 1 aliphatic carbocycles. The first-order valence-corrected chi connectivity index (χ1v) is 11.1. The number of ether oxygens (including phenoxy) is 1. The van der Waals surface area contributed by atoms with Gasteiger partial charge in [-0.2, -0.15) is 0 Å². The van der Waals surface area contributed by atoms with Crippen molar-refractivity contribution in [2.24, 2.45) is 5.41 Å². The maximum atomic E-state index is 11.1. The molecule has 0 atom stereocenters. The van der Waals surface area contributed by atoms with Crippen LogP contribution in [0.15, 0.2) is 12.1 Å². The molecule has 1 fully saturated rings. The van der Waals surface area contributed by atoms with E-state index in [2.05, 4.69) is 0 Å². The van der Waals surface area contributed by atoms with E-state index in [-0.39, 0.29) is 17.1 Å². The molecule has 0 spiro atoms. The van der Waals surface area contributed by atoms with Gasteiger partial charge in [0, 0.05) is 6.07 Å². The van der Waals surface area contributed by atoms with Crippen molar-refractivity contribution in [3.8, 4) is 11.5 Å². The van der Waals surface area contributed by atoms with Crippen molar-refractivity contribution in [1.29, 1.82) is 0 Å². The van der Waals surface area contributed by atoms with Crippen LogP contribution in [0, 0.1) is 5.41 Å². The summed E-state index contributed by atoms with van der Waals surface area (Å²) in [7, 11) is 0. The number of aliphatic carboxylic acids is 1. The summed E-state index contributed by atoms with van der Waals surface area (Å²) in [6.45, 7) is 4.05. The lowest BCUT2D eigenvalue weighted by atomic mass is 9.87. The van der Waals surface area contributed by atoms with Crippen molar-refractivity contribution in [3.05, 3.63) is 23.3 Å². The van der Waals surface area contributed by atoms with Gasteiger partial charge in [-0.25, -0.2) is 0 Å². The SMILES string of the molecule is CC(C)(CCCCCCc1cc(CCCCC2(OC=O)CC2)c(O)cc1O)C(=O)O. The monoisotopic (exact) mass is 420 g/mol. The van der Waals surface area contributed by atoms with Gasteiger partial charge in [0.25, 0.3) is 6.47 Å². The van der Waals surface area contributed by atoms with Crippen LogP contribution in [0.4, 0.5) is 0 Å². The fourth-order valence-electron chi connectivity index (χ4n) is 3.85. The summed E-state index contributed by atoms with van der Waals surface area (Å²) in [6.07, 6.45) is 10.4. The maximum Gasteiger partial charge on any atom is 0.309 e. The number of aryl methyl sites for hydroxylation is 2. The number of carbonyl (C=O) groups is 2. The molecule has 1 aromatic carbocycles. The van der Waals surface area contributed by atoms with E-state index in [0.717, 1.165) is 81.8 Å². The van der Waals surface area contributed by atoms with Crippen LogP contribution >= 0.6 is 0 Å². The smallest absolute Gasteiger partial charge is 0.309 e. The van der Waals surface area contributed by atoms with Crippen molar-refractivity contribution in [2.75, 3.05) is 0 Å². The highest BCUT2D eigenvalue weighted by atomic mass is 16.5. The van der Waals surface area contributed by atoms with Gasteiger partial charge in [0.05, 0.1) is 5.41 Å². The van der Waals surface area contributed by atoms with E-state index in [1.807, 2.05) is 6.07 Å². The number of unbranched alkanes of at least 4 members (excludes halogenated alkanes) is 4. The number of aromatic hydroxyl groups is 2. The molecular formula is C24H36O6. The Kier molecular flexibility index (Phi) is 8.56. The molecule has 0 unspecified atom stereocenters. The molecule has 0 amide bonds. The molecule has 0 saturated heterocycles. The quantitative estimate of drug-likeness (QED) is 0.269. The van der Waals surface area contributed by atoms with Crippen LogP contribution in [0.1, 0.15) is 89.2 Å².